The summed E-state index contributed by atoms with van der Waals surface area (Å²) in [5.74, 6) is 0. The maximum absolute atomic E-state index is 11.9. The van der Waals surface area contributed by atoms with Gasteiger partial charge in [0.1, 0.15) is 0 Å². The lowest BCUT2D eigenvalue weighted by atomic mass is 10.1. The van der Waals surface area contributed by atoms with Crippen molar-refractivity contribution in [1.82, 2.24) is 5.32 Å². The van der Waals surface area contributed by atoms with Crippen LogP contribution in [0.15, 0.2) is 28.5 Å². The molecule has 0 aliphatic carbocycles. The van der Waals surface area contributed by atoms with E-state index in [2.05, 4.69) is 5.32 Å². The van der Waals surface area contributed by atoms with Crippen LogP contribution in [-0.4, -0.2) is 21.5 Å². The maximum atomic E-state index is 11.9. The van der Waals surface area contributed by atoms with Gasteiger partial charge in [-0.1, -0.05) is 19.1 Å². The van der Waals surface area contributed by atoms with Crippen LogP contribution in [0.5, 0.6) is 0 Å². The van der Waals surface area contributed by atoms with Crippen LogP contribution < -0.4 is 5.32 Å². The van der Waals surface area contributed by atoms with Crippen molar-refractivity contribution in [3.05, 3.63) is 34.7 Å². The van der Waals surface area contributed by atoms with Crippen molar-refractivity contribution in [3.63, 3.8) is 0 Å². The molecule has 1 aliphatic rings. The largest absolute Gasteiger partial charge is 0.313 e. The third kappa shape index (κ3) is 1.90. The molecule has 1 aromatic carbocycles. The average molecular weight is 237 g/mol. The van der Waals surface area contributed by atoms with E-state index in [-0.39, 0.29) is 0 Å². The van der Waals surface area contributed by atoms with Crippen LogP contribution in [0.3, 0.4) is 0 Å². The number of hydrogen-bond acceptors (Lipinski definition) is 3. The zero-order valence-corrected chi connectivity index (χ0v) is 10.3. The fraction of sp³-hybridized carbons (Fsp3) is 0.333. The van der Waals surface area contributed by atoms with Gasteiger partial charge < -0.3 is 5.32 Å². The van der Waals surface area contributed by atoms with E-state index in [9.17, 15) is 8.42 Å². The van der Waals surface area contributed by atoms with Gasteiger partial charge >= 0.3 is 0 Å². The molecular weight excluding hydrogens is 222 g/mol. The molecule has 0 amide bonds. The second-order valence-electron chi connectivity index (χ2n) is 3.97. The first-order chi connectivity index (χ1) is 7.54. The molecule has 2 rings (SSSR count). The van der Waals surface area contributed by atoms with Gasteiger partial charge in [-0.05, 0) is 36.2 Å². The van der Waals surface area contributed by atoms with Gasteiger partial charge in [0.15, 0.2) is 0 Å². The summed E-state index contributed by atoms with van der Waals surface area (Å²) in [7, 11) is -3.21. The molecule has 3 nitrogen and oxygen atoms in total. The summed E-state index contributed by atoms with van der Waals surface area (Å²) in [5, 5.41) is 4.53. The molecule has 1 aromatic rings. The topological polar surface area (TPSA) is 46.2 Å². The fourth-order valence-electron chi connectivity index (χ4n) is 1.84. The summed E-state index contributed by atoms with van der Waals surface area (Å²) in [5.41, 5.74) is 2.67. The van der Waals surface area contributed by atoms with Crippen molar-refractivity contribution < 1.29 is 8.42 Å². The summed E-state index contributed by atoms with van der Waals surface area (Å²) >= 11 is 0. The van der Waals surface area contributed by atoms with Crippen LogP contribution in [0.2, 0.25) is 0 Å². The molecular formula is C12H15NO2S. The number of rotatable bonds is 3. The molecule has 0 radical (unpaired) electrons. The molecule has 1 aliphatic heterocycles. The van der Waals surface area contributed by atoms with Gasteiger partial charge in [-0.25, -0.2) is 8.42 Å². The van der Waals surface area contributed by atoms with Gasteiger partial charge in [0, 0.05) is 12.0 Å². The minimum Gasteiger partial charge on any atom is -0.313 e. The van der Waals surface area contributed by atoms with E-state index in [0.717, 1.165) is 23.2 Å². The highest BCUT2D eigenvalue weighted by Gasteiger charge is 2.26. The summed E-state index contributed by atoms with van der Waals surface area (Å²) in [6.45, 7) is 5.34. The van der Waals surface area contributed by atoms with Gasteiger partial charge in [0.2, 0.25) is 9.84 Å². The lowest BCUT2D eigenvalue weighted by molar-refractivity contribution is 0.605. The smallest absolute Gasteiger partial charge is 0.200 e. The Hall–Kier alpha value is -1.13. The van der Waals surface area contributed by atoms with Crippen LogP contribution >= 0.6 is 0 Å². The van der Waals surface area contributed by atoms with E-state index < -0.39 is 9.84 Å². The van der Waals surface area contributed by atoms with Crippen LogP contribution in [0.4, 0.5) is 0 Å². The Morgan fingerprint density at radius 2 is 2.06 bits per heavy atom. The maximum Gasteiger partial charge on any atom is 0.200 e. The van der Waals surface area contributed by atoms with Crippen molar-refractivity contribution >= 4 is 15.4 Å². The molecule has 0 bridgehead atoms. The van der Waals surface area contributed by atoms with E-state index in [1.54, 1.807) is 6.07 Å². The fourth-order valence-corrected chi connectivity index (χ4v) is 3.41. The summed E-state index contributed by atoms with van der Waals surface area (Å²) in [6, 6.07) is 5.57. The second kappa shape index (κ2) is 4.03. The first kappa shape index (κ1) is 11.4. The standard InChI is InChI=1S/C12H15NO2S/c1-3-13-7-10-8-16(14,15)12-6-9(2)4-5-11(10)12/h4-6,8,13H,3,7H2,1-2H3. The first-order valence-corrected chi connectivity index (χ1v) is 6.86. The first-order valence-electron chi connectivity index (χ1n) is 5.32. The number of benzene rings is 1. The van der Waals surface area contributed by atoms with Crippen molar-refractivity contribution in [3.8, 4) is 0 Å². The molecule has 0 saturated heterocycles. The molecule has 0 spiro atoms. The Morgan fingerprint density at radius 3 is 2.75 bits per heavy atom. The SMILES string of the molecule is CCNCC1=CS(=O)(=O)c2cc(C)ccc21. The lowest BCUT2D eigenvalue weighted by Gasteiger charge is -2.05. The Kier molecular flexibility index (Phi) is 2.86. The van der Waals surface area contributed by atoms with Gasteiger partial charge in [-0.3, -0.25) is 0 Å². The Labute approximate surface area is 96.1 Å². The third-order valence-corrected chi connectivity index (χ3v) is 4.20. The number of fused-ring (bicyclic) bond motifs is 1. The molecule has 86 valence electrons. The number of nitrogens with one attached hydrogen (secondary N) is 1. The van der Waals surface area contributed by atoms with Gasteiger partial charge in [0.05, 0.1) is 4.90 Å². The van der Waals surface area contributed by atoms with Crippen LogP contribution in [0, 0.1) is 6.92 Å². The Morgan fingerprint density at radius 1 is 1.31 bits per heavy atom. The van der Waals surface area contributed by atoms with Crippen molar-refractivity contribution in [2.75, 3.05) is 13.1 Å². The molecule has 0 fully saturated rings. The van der Waals surface area contributed by atoms with Crippen molar-refractivity contribution in [2.24, 2.45) is 0 Å². The molecule has 4 heteroatoms. The number of likely N-dealkylation sites (N-methyl/N-ethyl adjacent to an activating group) is 1. The number of sulfone groups is 1. The number of aryl methyl sites for hydroxylation is 1. The zero-order chi connectivity index (χ0) is 11.8. The predicted molar refractivity (Wildman–Crippen MR) is 64.9 cm³/mol. The molecule has 0 saturated carbocycles. The highest BCUT2D eigenvalue weighted by Crippen LogP contribution is 2.33. The molecule has 0 aromatic heterocycles. The van der Waals surface area contributed by atoms with E-state index in [0.29, 0.717) is 11.4 Å². The minimum atomic E-state index is -3.21. The quantitative estimate of drug-likeness (QED) is 0.871. The molecule has 1 N–H and O–H groups in total. The van der Waals surface area contributed by atoms with Crippen LogP contribution in [-0.2, 0) is 9.84 Å². The van der Waals surface area contributed by atoms with Gasteiger partial charge in [0.25, 0.3) is 0 Å². The zero-order valence-electron chi connectivity index (χ0n) is 9.45. The lowest BCUT2D eigenvalue weighted by Crippen LogP contribution is -2.14. The van der Waals surface area contributed by atoms with E-state index >= 15 is 0 Å². The van der Waals surface area contributed by atoms with Gasteiger partial charge in [-0.15, -0.1) is 0 Å². The minimum absolute atomic E-state index is 0.445. The Bertz CT molecular complexity index is 544. The van der Waals surface area contributed by atoms with E-state index in [4.69, 9.17) is 0 Å². The highest BCUT2D eigenvalue weighted by molar-refractivity contribution is 7.95. The normalized spacial score (nSPS) is 17.0. The number of hydrogen-bond donors (Lipinski definition) is 1. The second-order valence-corrected chi connectivity index (χ2v) is 5.73. The third-order valence-electron chi connectivity index (χ3n) is 2.65. The highest BCUT2D eigenvalue weighted by atomic mass is 32.2. The van der Waals surface area contributed by atoms with Crippen molar-refractivity contribution in [2.45, 2.75) is 18.7 Å². The molecule has 0 atom stereocenters. The average Bonchev–Trinajstić information content (AvgIpc) is 2.48. The summed E-state index contributed by atoms with van der Waals surface area (Å²) in [6.07, 6.45) is 0. The monoisotopic (exact) mass is 237 g/mol. The van der Waals surface area contributed by atoms with E-state index in [1.165, 1.54) is 5.41 Å². The van der Waals surface area contributed by atoms with Gasteiger partial charge in [-0.2, -0.15) is 0 Å². The summed E-state index contributed by atoms with van der Waals surface area (Å²) < 4.78 is 23.7. The van der Waals surface area contributed by atoms with Crippen molar-refractivity contribution in [1.29, 1.82) is 0 Å². The predicted octanol–water partition coefficient (Wildman–Crippen LogP) is 1.73. The van der Waals surface area contributed by atoms with E-state index in [1.807, 2.05) is 26.0 Å². The summed E-state index contributed by atoms with van der Waals surface area (Å²) in [4.78, 5) is 0.445. The van der Waals surface area contributed by atoms with Crippen LogP contribution in [0.25, 0.3) is 5.57 Å². The molecule has 16 heavy (non-hydrogen) atoms. The molecule has 0 unspecified atom stereocenters. The molecule has 1 heterocycles. The van der Waals surface area contributed by atoms with Crippen LogP contribution in [0.1, 0.15) is 18.1 Å². The Balaban J connectivity index is 2.48.